The molecule has 0 saturated heterocycles. The molecule has 0 spiro atoms. The fourth-order valence-electron chi connectivity index (χ4n) is 2.42. The van der Waals surface area contributed by atoms with Gasteiger partial charge in [-0.15, -0.1) is 0 Å². The molecular weight excluding hydrogens is 347 g/mol. The third-order valence-electron chi connectivity index (χ3n) is 3.54. The highest BCUT2D eigenvalue weighted by molar-refractivity contribution is 6.35. The van der Waals surface area contributed by atoms with Crippen molar-refractivity contribution in [2.24, 2.45) is 0 Å². The third kappa shape index (κ3) is 3.64. The predicted molar refractivity (Wildman–Crippen MR) is 96.8 cm³/mol. The number of hydrogen-bond acceptors (Lipinski definition) is 3. The second kappa shape index (κ2) is 7.56. The van der Waals surface area contributed by atoms with Crippen LogP contribution in [0.3, 0.4) is 0 Å². The van der Waals surface area contributed by atoms with Gasteiger partial charge in [-0.3, -0.25) is 4.79 Å². The van der Waals surface area contributed by atoms with Crippen LogP contribution in [0.1, 0.15) is 10.4 Å². The second-order valence-electron chi connectivity index (χ2n) is 5.09. The molecule has 3 aromatic rings. The lowest BCUT2D eigenvalue weighted by Gasteiger charge is -2.12. The van der Waals surface area contributed by atoms with Crippen molar-refractivity contribution >= 4 is 40.3 Å². The summed E-state index contributed by atoms with van der Waals surface area (Å²) in [4.78, 5) is 11.4. The summed E-state index contributed by atoms with van der Waals surface area (Å²) in [5.74, 6) is 1.08. The summed E-state index contributed by atoms with van der Waals surface area (Å²) in [7, 11) is 0. The van der Waals surface area contributed by atoms with Crippen molar-refractivity contribution in [3.8, 4) is 11.5 Å². The molecule has 122 valence electrons. The highest BCUT2D eigenvalue weighted by atomic mass is 35.5. The lowest BCUT2D eigenvalue weighted by atomic mass is 10.0. The maximum absolute atomic E-state index is 11.4. The summed E-state index contributed by atoms with van der Waals surface area (Å²) in [5.41, 5.74) is 0.539. The minimum atomic E-state index is 0.290. The van der Waals surface area contributed by atoms with Crippen molar-refractivity contribution in [1.82, 2.24) is 0 Å². The van der Waals surface area contributed by atoms with Gasteiger partial charge in [0.15, 0.2) is 6.29 Å². The summed E-state index contributed by atoms with van der Waals surface area (Å²) < 4.78 is 11.3. The number of carbonyl (C=O) groups is 1. The second-order valence-corrected chi connectivity index (χ2v) is 5.93. The van der Waals surface area contributed by atoms with Crippen LogP contribution in [0.4, 0.5) is 0 Å². The zero-order valence-electron chi connectivity index (χ0n) is 12.7. The van der Waals surface area contributed by atoms with E-state index in [1.54, 1.807) is 24.3 Å². The average molecular weight is 361 g/mol. The molecule has 0 atom stereocenters. The van der Waals surface area contributed by atoms with E-state index >= 15 is 0 Å². The van der Waals surface area contributed by atoms with Crippen LogP contribution in [0.2, 0.25) is 10.0 Å². The summed E-state index contributed by atoms with van der Waals surface area (Å²) in [6, 6.07) is 16.4. The quantitative estimate of drug-likeness (QED) is 0.435. The molecule has 0 N–H and O–H groups in total. The SMILES string of the molecule is O=Cc1c(OCCOc2ccc(Cl)cc2Cl)ccc2ccccc12. The highest BCUT2D eigenvalue weighted by Crippen LogP contribution is 2.28. The van der Waals surface area contributed by atoms with Crippen molar-refractivity contribution in [2.75, 3.05) is 13.2 Å². The molecule has 5 heteroatoms. The molecule has 0 unspecified atom stereocenters. The molecule has 0 bridgehead atoms. The molecule has 3 aromatic carbocycles. The van der Waals surface area contributed by atoms with Gasteiger partial charge in [-0.2, -0.15) is 0 Å². The topological polar surface area (TPSA) is 35.5 Å². The van der Waals surface area contributed by atoms with Crippen LogP contribution >= 0.6 is 23.2 Å². The van der Waals surface area contributed by atoms with Crippen molar-refractivity contribution in [2.45, 2.75) is 0 Å². The number of hydrogen-bond donors (Lipinski definition) is 0. The Morgan fingerprint density at radius 2 is 1.58 bits per heavy atom. The number of ether oxygens (including phenoxy) is 2. The fraction of sp³-hybridized carbons (Fsp3) is 0.105. The summed E-state index contributed by atoms with van der Waals surface area (Å²) in [6.07, 6.45) is 0.814. The lowest BCUT2D eigenvalue weighted by Crippen LogP contribution is -2.10. The Balaban J connectivity index is 1.66. The van der Waals surface area contributed by atoms with E-state index in [4.69, 9.17) is 32.7 Å². The normalized spacial score (nSPS) is 10.6. The van der Waals surface area contributed by atoms with Gasteiger partial charge >= 0.3 is 0 Å². The lowest BCUT2D eigenvalue weighted by molar-refractivity contribution is 0.112. The van der Waals surface area contributed by atoms with Gasteiger partial charge in [0.25, 0.3) is 0 Å². The summed E-state index contributed by atoms with van der Waals surface area (Å²) in [5, 5.41) is 2.86. The van der Waals surface area contributed by atoms with Crippen LogP contribution in [-0.2, 0) is 0 Å². The van der Waals surface area contributed by atoms with Crippen LogP contribution in [0.25, 0.3) is 10.8 Å². The molecule has 0 radical (unpaired) electrons. The largest absolute Gasteiger partial charge is 0.489 e. The summed E-state index contributed by atoms with van der Waals surface area (Å²) >= 11 is 11.9. The van der Waals surface area contributed by atoms with Gasteiger partial charge in [0, 0.05) is 5.02 Å². The number of halogens is 2. The molecule has 0 fully saturated rings. The molecular formula is C19H14Cl2O3. The molecule has 0 amide bonds. The van der Waals surface area contributed by atoms with E-state index in [1.807, 2.05) is 30.3 Å². The van der Waals surface area contributed by atoms with Crippen LogP contribution in [-0.4, -0.2) is 19.5 Å². The first-order valence-corrected chi connectivity index (χ1v) is 8.12. The maximum Gasteiger partial charge on any atom is 0.154 e. The summed E-state index contributed by atoms with van der Waals surface area (Å²) in [6.45, 7) is 0.588. The van der Waals surface area contributed by atoms with E-state index in [2.05, 4.69) is 0 Å². The van der Waals surface area contributed by atoms with E-state index in [0.29, 0.717) is 33.7 Å². The molecule has 0 heterocycles. The van der Waals surface area contributed by atoms with Crippen LogP contribution < -0.4 is 9.47 Å². The van der Waals surface area contributed by atoms with Gasteiger partial charge in [-0.05, 0) is 35.0 Å². The molecule has 3 nitrogen and oxygen atoms in total. The van der Waals surface area contributed by atoms with Crippen molar-refractivity contribution < 1.29 is 14.3 Å². The number of aldehydes is 1. The number of rotatable bonds is 6. The number of fused-ring (bicyclic) bond motifs is 1. The third-order valence-corrected chi connectivity index (χ3v) is 4.07. The van der Waals surface area contributed by atoms with Gasteiger partial charge in [0.1, 0.15) is 24.7 Å². The standard InChI is InChI=1S/C19H14Cl2O3/c20-14-6-8-19(17(21)11-14)24-10-9-23-18-7-5-13-3-1-2-4-15(13)16(18)12-22/h1-8,11-12H,9-10H2. The average Bonchev–Trinajstić information content (AvgIpc) is 2.59. The Morgan fingerprint density at radius 1 is 0.875 bits per heavy atom. The van der Waals surface area contributed by atoms with Crippen LogP contribution in [0, 0.1) is 0 Å². The first-order valence-electron chi connectivity index (χ1n) is 7.36. The predicted octanol–water partition coefficient (Wildman–Crippen LogP) is 5.42. The maximum atomic E-state index is 11.4. The van der Waals surface area contributed by atoms with Crippen molar-refractivity contribution in [3.63, 3.8) is 0 Å². The number of carbonyl (C=O) groups excluding carboxylic acids is 1. The van der Waals surface area contributed by atoms with Crippen LogP contribution in [0.5, 0.6) is 11.5 Å². The minimum Gasteiger partial charge on any atom is -0.489 e. The van der Waals surface area contributed by atoms with Gasteiger partial charge in [-0.1, -0.05) is 53.5 Å². The van der Waals surface area contributed by atoms with E-state index < -0.39 is 0 Å². The Morgan fingerprint density at radius 3 is 2.33 bits per heavy atom. The fourth-order valence-corrected chi connectivity index (χ4v) is 2.88. The van der Waals surface area contributed by atoms with Gasteiger partial charge in [-0.25, -0.2) is 0 Å². The van der Waals surface area contributed by atoms with Crippen molar-refractivity contribution in [3.05, 3.63) is 70.2 Å². The molecule has 0 aliphatic rings. The molecule has 0 aromatic heterocycles. The smallest absolute Gasteiger partial charge is 0.154 e. The molecule has 0 aliphatic heterocycles. The van der Waals surface area contributed by atoms with Crippen LogP contribution in [0.15, 0.2) is 54.6 Å². The molecule has 24 heavy (non-hydrogen) atoms. The zero-order chi connectivity index (χ0) is 16.9. The number of benzene rings is 3. The van der Waals surface area contributed by atoms with Gasteiger partial charge in [0.05, 0.1) is 10.6 Å². The monoisotopic (exact) mass is 360 g/mol. The van der Waals surface area contributed by atoms with E-state index in [1.165, 1.54) is 0 Å². The molecule has 0 aliphatic carbocycles. The van der Waals surface area contributed by atoms with Gasteiger partial charge < -0.3 is 9.47 Å². The zero-order valence-corrected chi connectivity index (χ0v) is 14.2. The van der Waals surface area contributed by atoms with Crippen molar-refractivity contribution in [1.29, 1.82) is 0 Å². The molecule has 3 rings (SSSR count). The Kier molecular flexibility index (Phi) is 5.24. The Bertz CT molecular complexity index is 878. The van der Waals surface area contributed by atoms with E-state index in [9.17, 15) is 4.79 Å². The van der Waals surface area contributed by atoms with E-state index in [-0.39, 0.29) is 6.61 Å². The molecule has 0 saturated carbocycles. The minimum absolute atomic E-state index is 0.290. The van der Waals surface area contributed by atoms with Gasteiger partial charge in [0.2, 0.25) is 0 Å². The first-order chi connectivity index (χ1) is 11.7. The van der Waals surface area contributed by atoms with E-state index in [0.717, 1.165) is 17.1 Å². The Labute approximate surface area is 149 Å². The first kappa shape index (κ1) is 16.6. The highest BCUT2D eigenvalue weighted by Gasteiger charge is 2.08. The Hall–Kier alpha value is -2.23.